The third kappa shape index (κ3) is 3.43. The molecule has 0 aromatic carbocycles. The molecule has 0 aliphatic carbocycles. The molecule has 1 rings (SSSR count). The van der Waals surface area contributed by atoms with Gasteiger partial charge >= 0.3 is 0 Å². The second-order valence-electron chi connectivity index (χ2n) is 4.12. The van der Waals surface area contributed by atoms with Crippen molar-refractivity contribution >= 4 is 0 Å². The van der Waals surface area contributed by atoms with E-state index in [1.807, 2.05) is 0 Å². The quantitative estimate of drug-likeness (QED) is 0.665. The van der Waals surface area contributed by atoms with Crippen molar-refractivity contribution in [3.8, 4) is 0 Å². The molecular formula is C12H22O2. The van der Waals surface area contributed by atoms with Gasteiger partial charge in [0.2, 0.25) is 0 Å². The van der Waals surface area contributed by atoms with Gasteiger partial charge in [-0.05, 0) is 31.3 Å². The molecule has 1 fully saturated rings. The maximum absolute atomic E-state index is 8.73. The van der Waals surface area contributed by atoms with E-state index in [0.29, 0.717) is 6.10 Å². The maximum Gasteiger partial charge on any atom is 0.0788 e. The summed E-state index contributed by atoms with van der Waals surface area (Å²) in [4.78, 5) is 0. The monoisotopic (exact) mass is 198 g/mol. The molecule has 2 atom stereocenters. The van der Waals surface area contributed by atoms with Crippen LogP contribution in [-0.4, -0.2) is 23.9 Å². The van der Waals surface area contributed by atoms with Crippen LogP contribution in [0.15, 0.2) is 12.2 Å². The van der Waals surface area contributed by atoms with Crippen molar-refractivity contribution in [3.05, 3.63) is 12.2 Å². The van der Waals surface area contributed by atoms with E-state index in [9.17, 15) is 0 Å². The van der Waals surface area contributed by atoms with Gasteiger partial charge in [0.25, 0.3) is 0 Å². The van der Waals surface area contributed by atoms with Crippen LogP contribution in [0.4, 0.5) is 0 Å². The molecule has 1 heterocycles. The molecule has 2 heteroatoms. The molecule has 1 N–H and O–H groups in total. The van der Waals surface area contributed by atoms with Crippen LogP contribution in [-0.2, 0) is 4.74 Å². The third-order valence-electron chi connectivity index (χ3n) is 2.81. The van der Waals surface area contributed by atoms with Crippen molar-refractivity contribution in [3.63, 3.8) is 0 Å². The van der Waals surface area contributed by atoms with Crippen molar-refractivity contribution in [1.82, 2.24) is 0 Å². The summed E-state index contributed by atoms with van der Waals surface area (Å²) in [6.07, 6.45) is 7.01. The highest BCUT2D eigenvalue weighted by molar-refractivity contribution is 5.09. The second-order valence-corrected chi connectivity index (χ2v) is 4.12. The number of hydrogen-bond acceptors (Lipinski definition) is 2. The number of hydrogen-bond donors (Lipinski definition) is 1. The SMILES string of the molecule is C=C1C[C@H](CCCC)O[C@H]1CCCO. The first kappa shape index (κ1) is 11.7. The minimum Gasteiger partial charge on any atom is -0.396 e. The molecule has 0 unspecified atom stereocenters. The summed E-state index contributed by atoms with van der Waals surface area (Å²) in [7, 11) is 0. The summed E-state index contributed by atoms with van der Waals surface area (Å²) in [6, 6.07) is 0. The van der Waals surface area contributed by atoms with E-state index in [0.717, 1.165) is 25.7 Å². The zero-order valence-electron chi connectivity index (χ0n) is 9.17. The molecule has 0 radical (unpaired) electrons. The predicted molar refractivity (Wildman–Crippen MR) is 58.3 cm³/mol. The largest absolute Gasteiger partial charge is 0.396 e. The van der Waals surface area contributed by atoms with Crippen LogP contribution in [0, 0.1) is 0 Å². The summed E-state index contributed by atoms with van der Waals surface area (Å²) in [5.74, 6) is 0. The van der Waals surface area contributed by atoms with Gasteiger partial charge in [0, 0.05) is 6.61 Å². The Morgan fingerprint density at radius 2 is 2.21 bits per heavy atom. The zero-order chi connectivity index (χ0) is 10.4. The summed E-state index contributed by atoms with van der Waals surface area (Å²) < 4.78 is 5.87. The number of ether oxygens (including phenoxy) is 1. The van der Waals surface area contributed by atoms with Crippen molar-refractivity contribution in [2.45, 2.75) is 57.7 Å². The lowest BCUT2D eigenvalue weighted by molar-refractivity contribution is 0.0388. The van der Waals surface area contributed by atoms with Gasteiger partial charge in [-0.3, -0.25) is 0 Å². The van der Waals surface area contributed by atoms with Crippen LogP contribution in [0.1, 0.15) is 45.4 Å². The molecule has 1 aliphatic rings. The van der Waals surface area contributed by atoms with E-state index >= 15 is 0 Å². The lowest BCUT2D eigenvalue weighted by atomic mass is 10.0. The minimum absolute atomic E-state index is 0.212. The lowest BCUT2D eigenvalue weighted by Crippen LogP contribution is -2.11. The van der Waals surface area contributed by atoms with E-state index in [1.54, 1.807) is 0 Å². The van der Waals surface area contributed by atoms with Crippen LogP contribution < -0.4 is 0 Å². The molecule has 0 bridgehead atoms. The van der Waals surface area contributed by atoms with E-state index < -0.39 is 0 Å². The van der Waals surface area contributed by atoms with Gasteiger partial charge < -0.3 is 9.84 Å². The van der Waals surface area contributed by atoms with E-state index in [4.69, 9.17) is 9.84 Å². The predicted octanol–water partition coefficient (Wildman–Crippen LogP) is 2.66. The molecule has 0 amide bonds. The van der Waals surface area contributed by atoms with E-state index in [-0.39, 0.29) is 12.7 Å². The van der Waals surface area contributed by atoms with Crippen LogP contribution in [0.2, 0.25) is 0 Å². The highest BCUT2D eigenvalue weighted by atomic mass is 16.5. The van der Waals surface area contributed by atoms with Gasteiger partial charge in [0.05, 0.1) is 12.2 Å². The molecular weight excluding hydrogens is 176 g/mol. The van der Waals surface area contributed by atoms with Crippen molar-refractivity contribution in [1.29, 1.82) is 0 Å². The minimum atomic E-state index is 0.212. The summed E-state index contributed by atoms with van der Waals surface area (Å²) >= 11 is 0. The molecule has 14 heavy (non-hydrogen) atoms. The first-order valence-corrected chi connectivity index (χ1v) is 5.72. The fraction of sp³-hybridized carbons (Fsp3) is 0.833. The fourth-order valence-electron chi connectivity index (χ4n) is 1.95. The molecule has 1 aliphatic heterocycles. The van der Waals surface area contributed by atoms with Gasteiger partial charge in [0.1, 0.15) is 0 Å². The Morgan fingerprint density at radius 1 is 1.43 bits per heavy atom. The lowest BCUT2D eigenvalue weighted by Gasteiger charge is -2.12. The average molecular weight is 198 g/mol. The average Bonchev–Trinajstić information content (AvgIpc) is 2.53. The van der Waals surface area contributed by atoms with Gasteiger partial charge in [-0.1, -0.05) is 26.3 Å². The normalized spacial score (nSPS) is 27.1. The van der Waals surface area contributed by atoms with Gasteiger partial charge in [-0.15, -0.1) is 0 Å². The van der Waals surface area contributed by atoms with Crippen molar-refractivity contribution in [2.24, 2.45) is 0 Å². The van der Waals surface area contributed by atoms with Gasteiger partial charge in [-0.2, -0.15) is 0 Å². The Hall–Kier alpha value is -0.340. The fourth-order valence-corrected chi connectivity index (χ4v) is 1.95. The highest BCUT2D eigenvalue weighted by Crippen LogP contribution is 2.29. The number of unbranched alkanes of at least 4 members (excludes halogenated alkanes) is 1. The zero-order valence-corrected chi connectivity index (χ0v) is 9.17. The highest BCUT2D eigenvalue weighted by Gasteiger charge is 2.27. The number of aliphatic hydroxyl groups is 1. The van der Waals surface area contributed by atoms with Gasteiger partial charge in [-0.25, -0.2) is 0 Å². The van der Waals surface area contributed by atoms with Crippen molar-refractivity contribution < 1.29 is 9.84 Å². The Bertz CT molecular complexity index is 177. The summed E-state index contributed by atoms with van der Waals surface area (Å²) in [5, 5.41) is 8.73. The third-order valence-corrected chi connectivity index (χ3v) is 2.81. The summed E-state index contributed by atoms with van der Waals surface area (Å²) in [6.45, 7) is 6.50. The van der Waals surface area contributed by atoms with E-state index in [1.165, 1.54) is 18.4 Å². The standard InChI is InChI=1S/C12H22O2/c1-3-4-6-11-9-10(2)12(14-11)7-5-8-13/h11-13H,2-9H2,1H3/t11-,12-/m0/s1. The number of aliphatic hydroxyl groups excluding tert-OH is 1. The molecule has 0 saturated carbocycles. The Kier molecular flexibility index (Phi) is 5.20. The Labute approximate surface area is 87.0 Å². The molecule has 82 valence electrons. The smallest absolute Gasteiger partial charge is 0.0788 e. The maximum atomic E-state index is 8.73. The first-order valence-electron chi connectivity index (χ1n) is 5.72. The van der Waals surface area contributed by atoms with Crippen LogP contribution in [0.3, 0.4) is 0 Å². The van der Waals surface area contributed by atoms with Crippen LogP contribution in [0.5, 0.6) is 0 Å². The van der Waals surface area contributed by atoms with E-state index in [2.05, 4.69) is 13.5 Å². The topological polar surface area (TPSA) is 29.5 Å². The van der Waals surface area contributed by atoms with Crippen molar-refractivity contribution in [2.75, 3.05) is 6.61 Å². The second kappa shape index (κ2) is 6.20. The Morgan fingerprint density at radius 3 is 2.86 bits per heavy atom. The van der Waals surface area contributed by atoms with Crippen LogP contribution >= 0.6 is 0 Å². The molecule has 0 aromatic heterocycles. The van der Waals surface area contributed by atoms with Gasteiger partial charge in [0.15, 0.2) is 0 Å². The number of rotatable bonds is 6. The molecule has 1 saturated heterocycles. The Balaban J connectivity index is 2.24. The molecule has 2 nitrogen and oxygen atoms in total. The summed E-state index contributed by atoms with van der Waals surface area (Å²) in [5.41, 5.74) is 1.22. The first-order chi connectivity index (χ1) is 6.77. The molecule has 0 aromatic rings. The van der Waals surface area contributed by atoms with Crippen LogP contribution in [0.25, 0.3) is 0 Å². The molecule has 0 spiro atoms.